The Kier molecular flexibility index (Phi) is 7.47. The van der Waals surface area contributed by atoms with E-state index in [2.05, 4.69) is 15.2 Å². The molecule has 180 valence electrons. The predicted octanol–water partition coefficient (Wildman–Crippen LogP) is 5.07. The minimum Gasteiger partial charge on any atom is -0.378 e. The van der Waals surface area contributed by atoms with Crippen LogP contribution in [0.15, 0.2) is 66.0 Å². The van der Waals surface area contributed by atoms with Gasteiger partial charge in [0.2, 0.25) is 5.91 Å². The summed E-state index contributed by atoms with van der Waals surface area (Å²) in [5, 5.41) is 2.32. The second kappa shape index (κ2) is 10.5. The lowest BCUT2D eigenvalue weighted by atomic mass is 10.2. The number of nitrogens with one attached hydrogen (secondary N) is 1. The third kappa shape index (κ3) is 6.12. The Morgan fingerprint density at radius 2 is 1.79 bits per heavy atom. The maximum Gasteiger partial charge on any atom is 0.406 e. The summed E-state index contributed by atoms with van der Waals surface area (Å²) in [4.78, 5) is 19.2. The summed E-state index contributed by atoms with van der Waals surface area (Å²) in [5.41, 5.74) is 2.65. The van der Waals surface area contributed by atoms with Gasteiger partial charge < -0.3 is 19.5 Å². The Morgan fingerprint density at radius 1 is 1.12 bits per heavy atom. The molecular formula is C24H25F3N4O2S. The highest BCUT2D eigenvalue weighted by molar-refractivity contribution is 8.00. The second-order valence-electron chi connectivity index (χ2n) is 7.89. The Bertz CT molecular complexity index is 1100. The minimum atomic E-state index is -4.42. The number of thioether (sulfide) groups is 1. The molecule has 34 heavy (non-hydrogen) atoms. The van der Waals surface area contributed by atoms with Crippen molar-refractivity contribution in [3.63, 3.8) is 0 Å². The standard InChI is InChI=1S/C24H25F3N4O2S/c1-17(22(32)29-19-7-9-20(10-8-19)30-11-13-33-14-12-30)34-23-28-15-21(18-5-3-2-4-6-18)31(23)16-24(25,26)27/h2-10,15,17H,11-14,16H2,1H3,(H,29,32). The molecule has 1 unspecified atom stereocenters. The molecule has 2 aromatic carbocycles. The molecule has 6 nitrogen and oxygen atoms in total. The minimum absolute atomic E-state index is 0.140. The van der Waals surface area contributed by atoms with Gasteiger partial charge in [0.15, 0.2) is 5.16 Å². The van der Waals surface area contributed by atoms with Crippen molar-refractivity contribution in [3.8, 4) is 11.3 Å². The number of hydrogen-bond acceptors (Lipinski definition) is 5. The number of carbonyl (C=O) groups excluding carboxylic acids is 1. The van der Waals surface area contributed by atoms with Gasteiger partial charge in [-0.3, -0.25) is 4.79 Å². The van der Waals surface area contributed by atoms with E-state index in [-0.39, 0.29) is 11.1 Å². The number of ether oxygens (including phenoxy) is 1. The lowest BCUT2D eigenvalue weighted by Crippen LogP contribution is -2.36. The van der Waals surface area contributed by atoms with Crippen LogP contribution >= 0.6 is 11.8 Å². The predicted molar refractivity (Wildman–Crippen MR) is 127 cm³/mol. The SMILES string of the molecule is CC(Sc1ncc(-c2ccccc2)n1CC(F)(F)F)C(=O)Nc1ccc(N2CCOCC2)cc1. The highest BCUT2D eigenvalue weighted by Gasteiger charge is 2.31. The maximum absolute atomic E-state index is 13.3. The zero-order valence-electron chi connectivity index (χ0n) is 18.6. The number of benzene rings is 2. The van der Waals surface area contributed by atoms with Gasteiger partial charge in [0.25, 0.3) is 0 Å². The third-order valence-corrected chi connectivity index (χ3v) is 6.49. The number of morpholine rings is 1. The first-order chi connectivity index (χ1) is 16.3. The van der Waals surface area contributed by atoms with E-state index in [1.54, 1.807) is 37.3 Å². The van der Waals surface area contributed by atoms with Crippen LogP contribution in [0.3, 0.4) is 0 Å². The lowest BCUT2D eigenvalue weighted by Gasteiger charge is -2.28. The molecule has 10 heteroatoms. The molecule has 0 spiro atoms. The molecule has 1 atom stereocenters. The van der Waals surface area contributed by atoms with Gasteiger partial charge in [-0.15, -0.1) is 0 Å². The number of alkyl halides is 3. The van der Waals surface area contributed by atoms with Crippen LogP contribution in [0.25, 0.3) is 11.3 Å². The molecule has 1 aromatic heterocycles. The number of imidazole rings is 1. The molecule has 1 aliphatic rings. The number of hydrogen-bond donors (Lipinski definition) is 1. The van der Waals surface area contributed by atoms with Crippen molar-refractivity contribution in [2.24, 2.45) is 0 Å². The molecule has 0 radical (unpaired) electrons. The van der Waals surface area contributed by atoms with Crippen molar-refractivity contribution in [1.82, 2.24) is 9.55 Å². The van der Waals surface area contributed by atoms with Crippen LogP contribution < -0.4 is 10.2 Å². The third-order valence-electron chi connectivity index (χ3n) is 5.39. The number of aromatic nitrogens is 2. The summed E-state index contributed by atoms with van der Waals surface area (Å²) >= 11 is 0.997. The fourth-order valence-electron chi connectivity index (χ4n) is 3.66. The lowest BCUT2D eigenvalue weighted by molar-refractivity contribution is -0.141. The molecule has 4 rings (SSSR count). The van der Waals surface area contributed by atoms with E-state index in [1.807, 2.05) is 24.3 Å². The summed E-state index contributed by atoms with van der Waals surface area (Å²) < 4.78 is 46.4. The average Bonchev–Trinajstić information content (AvgIpc) is 3.21. The number of nitrogens with zero attached hydrogens (tertiary/aromatic N) is 3. The van der Waals surface area contributed by atoms with Gasteiger partial charge in [-0.2, -0.15) is 13.2 Å². The van der Waals surface area contributed by atoms with E-state index >= 15 is 0 Å². The first-order valence-electron chi connectivity index (χ1n) is 10.9. The largest absolute Gasteiger partial charge is 0.406 e. The number of rotatable bonds is 7. The van der Waals surface area contributed by atoms with Gasteiger partial charge in [0, 0.05) is 24.5 Å². The van der Waals surface area contributed by atoms with E-state index in [9.17, 15) is 18.0 Å². The molecule has 0 aliphatic carbocycles. The van der Waals surface area contributed by atoms with Gasteiger partial charge in [-0.25, -0.2) is 4.98 Å². The number of amides is 1. The van der Waals surface area contributed by atoms with Crippen molar-refractivity contribution in [2.75, 3.05) is 36.5 Å². The number of carbonyl (C=O) groups is 1. The molecular weight excluding hydrogens is 465 g/mol. The molecule has 3 aromatic rings. The van der Waals surface area contributed by atoms with Crippen molar-refractivity contribution in [2.45, 2.75) is 30.1 Å². The smallest absolute Gasteiger partial charge is 0.378 e. The van der Waals surface area contributed by atoms with Crippen molar-refractivity contribution >= 4 is 29.0 Å². The molecule has 1 saturated heterocycles. The maximum atomic E-state index is 13.3. The van der Waals surface area contributed by atoms with Crippen LogP contribution in [0.2, 0.25) is 0 Å². The van der Waals surface area contributed by atoms with Crippen LogP contribution in [0.4, 0.5) is 24.5 Å². The fraction of sp³-hybridized carbons (Fsp3) is 0.333. The quantitative estimate of drug-likeness (QED) is 0.469. The van der Waals surface area contributed by atoms with Crippen LogP contribution in [0.5, 0.6) is 0 Å². The van der Waals surface area contributed by atoms with E-state index < -0.39 is 18.0 Å². The van der Waals surface area contributed by atoms with Crippen molar-refractivity contribution in [1.29, 1.82) is 0 Å². The monoisotopic (exact) mass is 490 g/mol. The highest BCUT2D eigenvalue weighted by Crippen LogP contribution is 2.32. The molecule has 2 heterocycles. The molecule has 0 saturated carbocycles. The topological polar surface area (TPSA) is 59.4 Å². The summed E-state index contributed by atoms with van der Waals surface area (Å²) in [6, 6.07) is 16.3. The molecule has 1 amide bonds. The van der Waals surface area contributed by atoms with E-state index in [4.69, 9.17) is 4.74 Å². The summed E-state index contributed by atoms with van der Waals surface area (Å²) in [6.45, 7) is 3.46. The van der Waals surface area contributed by atoms with Crippen LogP contribution in [-0.2, 0) is 16.1 Å². The average molecular weight is 491 g/mol. The van der Waals surface area contributed by atoms with Crippen LogP contribution in [0.1, 0.15) is 6.92 Å². The fourth-order valence-corrected chi connectivity index (χ4v) is 4.54. The molecule has 1 aliphatic heterocycles. The first kappa shape index (κ1) is 24.2. The Balaban J connectivity index is 1.45. The Morgan fingerprint density at radius 3 is 2.44 bits per heavy atom. The van der Waals surface area contributed by atoms with Gasteiger partial charge in [-0.1, -0.05) is 42.1 Å². The van der Waals surface area contributed by atoms with Crippen LogP contribution in [-0.4, -0.2) is 53.2 Å². The number of anilines is 2. The Hall–Kier alpha value is -2.98. The summed E-state index contributed by atoms with van der Waals surface area (Å²) in [5.74, 6) is -0.313. The summed E-state index contributed by atoms with van der Waals surface area (Å²) in [6.07, 6.45) is -3.01. The van der Waals surface area contributed by atoms with Crippen molar-refractivity contribution in [3.05, 3.63) is 60.8 Å². The normalized spacial score (nSPS) is 15.2. The van der Waals surface area contributed by atoms with Crippen molar-refractivity contribution < 1.29 is 22.7 Å². The van der Waals surface area contributed by atoms with E-state index in [0.717, 1.165) is 35.1 Å². The summed E-state index contributed by atoms with van der Waals surface area (Å²) in [7, 11) is 0. The highest BCUT2D eigenvalue weighted by atomic mass is 32.2. The molecule has 1 N–H and O–H groups in total. The second-order valence-corrected chi connectivity index (χ2v) is 9.20. The van der Waals surface area contributed by atoms with Gasteiger partial charge in [0.1, 0.15) is 6.54 Å². The zero-order valence-corrected chi connectivity index (χ0v) is 19.4. The van der Waals surface area contributed by atoms with Gasteiger partial charge in [0.05, 0.1) is 30.4 Å². The number of halogens is 3. The molecule has 0 bridgehead atoms. The molecule has 1 fully saturated rings. The van der Waals surface area contributed by atoms with Gasteiger partial charge >= 0.3 is 6.18 Å². The Labute approximate surface area is 200 Å². The first-order valence-corrected chi connectivity index (χ1v) is 11.8. The van der Waals surface area contributed by atoms with E-state index in [0.29, 0.717) is 30.2 Å². The zero-order chi connectivity index (χ0) is 24.1. The van der Waals surface area contributed by atoms with Crippen LogP contribution in [0, 0.1) is 0 Å². The van der Waals surface area contributed by atoms with E-state index in [1.165, 1.54) is 6.20 Å². The van der Waals surface area contributed by atoms with Gasteiger partial charge in [-0.05, 0) is 36.8 Å².